The molecule has 1 heterocycles. The largest absolute Gasteiger partial charge is 0.344 e. The number of nitrogens with one attached hydrogen (secondary N) is 1. The van der Waals surface area contributed by atoms with Crippen LogP contribution in [0.5, 0.6) is 0 Å². The monoisotopic (exact) mass is 242 g/mol. The van der Waals surface area contributed by atoms with E-state index in [1.165, 1.54) is 11.3 Å². The number of amides is 1. The van der Waals surface area contributed by atoms with Crippen molar-refractivity contribution in [3.05, 3.63) is 28.5 Å². The molecule has 0 saturated carbocycles. The van der Waals surface area contributed by atoms with Gasteiger partial charge in [-0.2, -0.15) is 0 Å². The lowest BCUT2D eigenvalue weighted by atomic mass is 9.93. The highest BCUT2D eigenvalue weighted by molar-refractivity contribution is 7.09. The SMILES string of the molecule is C=C(F)C(=O)NCc1nc(C(C)(C)C)cs1. The van der Waals surface area contributed by atoms with Crippen LogP contribution in [0.15, 0.2) is 17.8 Å². The van der Waals surface area contributed by atoms with Gasteiger partial charge in [0.05, 0.1) is 12.2 Å². The molecule has 3 nitrogen and oxygen atoms in total. The van der Waals surface area contributed by atoms with Gasteiger partial charge in [-0.05, 0) is 0 Å². The van der Waals surface area contributed by atoms with Crippen LogP contribution in [0.1, 0.15) is 31.5 Å². The molecule has 1 aromatic rings. The molecule has 0 aliphatic rings. The number of thiazole rings is 1. The van der Waals surface area contributed by atoms with E-state index in [0.717, 1.165) is 10.7 Å². The molecule has 0 radical (unpaired) electrons. The zero-order valence-corrected chi connectivity index (χ0v) is 10.4. The molecule has 5 heteroatoms. The molecule has 0 fully saturated rings. The molecule has 0 atom stereocenters. The summed E-state index contributed by atoms with van der Waals surface area (Å²) in [5.74, 6) is -1.76. The number of carbonyl (C=O) groups excluding carboxylic acids is 1. The van der Waals surface area contributed by atoms with Crippen LogP contribution in [0.4, 0.5) is 4.39 Å². The van der Waals surface area contributed by atoms with E-state index in [1.807, 2.05) is 5.38 Å². The van der Waals surface area contributed by atoms with Crippen molar-refractivity contribution in [2.24, 2.45) is 0 Å². The zero-order valence-electron chi connectivity index (χ0n) is 9.63. The molecular weight excluding hydrogens is 227 g/mol. The third-order valence-electron chi connectivity index (χ3n) is 1.97. The summed E-state index contributed by atoms with van der Waals surface area (Å²) in [6.45, 7) is 9.34. The van der Waals surface area contributed by atoms with Crippen LogP contribution in [-0.2, 0) is 16.8 Å². The normalized spacial score (nSPS) is 11.2. The summed E-state index contributed by atoms with van der Waals surface area (Å²) in [5, 5.41) is 5.11. The van der Waals surface area contributed by atoms with Gasteiger partial charge < -0.3 is 5.32 Å². The highest BCUT2D eigenvalue weighted by Gasteiger charge is 2.17. The van der Waals surface area contributed by atoms with E-state index in [2.05, 4.69) is 37.7 Å². The highest BCUT2D eigenvalue weighted by Crippen LogP contribution is 2.23. The fraction of sp³-hybridized carbons (Fsp3) is 0.455. The van der Waals surface area contributed by atoms with E-state index >= 15 is 0 Å². The van der Waals surface area contributed by atoms with E-state index in [4.69, 9.17) is 0 Å². The van der Waals surface area contributed by atoms with E-state index in [-0.39, 0.29) is 12.0 Å². The molecule has 0 bridgehead atoms. The molecule has 88 valence electrons. The van der Waals surface area contributed by atoms with Crippen molar-refractivity contribution in [3.8, 4) is 0 Å². The first kappa shape index (κ1) is 12.8. The predicted octanol–water partition coefficient (Wildman–Crippen LogP) is 2.54. The summed E-state index contributed by atoms with van der Waals surface area (Å²) in [6, 6.07) is 0. The molecule has 0 spiro atoms. The summed E-state index contributed by atoms with van der Waals surface area (Å²) in [5.41, 5.74) is 0.962. The van der Waals surface area contributed by atoms with Crippen molar-refractivity contribution < 1.29 is 9.18 Å². The molecule has 0 unspecified atom stereocenters. The number of hydrogen-bond donors (Lipinski definition) is 1. The van der Waals surface area contributed by atoms with Crippen LogP contribution in [0.2, 0.25) is 0 Å². The average Bonchev–Trinajstić information content (AvgIpc) is 2.61. The Morgan fingerprint density at radius 1 is 1.62 bits per heavy atom. The van der Waals surface area contributed by atoms with Crippen LogP contribution < -0.4 is 5.32 Å². The minimum Gasteiger partial charge on any atom is -0.344 e. The lowest BCUT2D eigenvalue weighted by Crippen LogP contribution is -2.22. The van der Waals surface area contributed by atoms with Gasteiger partial charge in [-0.25, -0.2) is 9.37 Å². The number of hydrogen-bond acceptors (Lipinski definition) is 3. The van der Waals surface area contributed by atoms with Crippen LogP contribution in [-0.4, -0.2) is 10.9 Å². The number of halogens is 1. The Morgan fingerprint density at radius 2 is 2.25 bits per heavy atom. The minimum atomic E-state index is -0.979. The Labute approximate surface area is 98.4 Å². The number of aromatic nitrogens is 1. The van der Waals surface area contributed by atoms with E-state index in [0.29, 0.717) is 0 Å². The Morgan fingerprint density at radius 3 is 2.69 bits per heavy atom. The van der Waals surface area contributed by atoms with Crippen molar-refractivity contribution in [2.45, 2.75) is 32.7 Å². The fourth-order valence-corrected chi connectivity index (χ4v) is 1.95. The summed E-state index contributed by atoms with van der Waals surface area (Å²) in [7, 11) is 0. The van der Waals surface area contributed by atoms with Crippen molar-refractivity contribution in [1.82, 2.24) is 10.3 Å². The topological polar surface area (TPSA) is 42.0 Å². The van der Waals surface area contributed by atoms with Gasteiger partial charge in [0.15, 0.2) is 5.83 Å². The Balaban J connectivity index is 2.60. The summed E-state index contributed by atoms with van der Waals surface area (Å²) in [4.78, 5) is 15.3. The lowest BCUT2D eigenvalue weighted by molar-refractivity contribution is -0.119. The Hall–Kier alpha value is -1.23. The number of nitrogens with zero attached hydrogens (tertiary/aromatic N) is 1. The van der Waals surface area contributed by atoms with Gasteiger partial charge in [-0.1, -0.05) is 27.4 Å². The molecule has 0 aromatic carbocycles. The van der Waals surface area contributed by atoms with Gasteiger partial charge in [-0.15, -0.1) is 11.3 Å². The first-order valence-corrected chi connectivity index (χ1v) is 5.76. The van der Waals surface area contributed by atoms with Crippen LogP contribution in [0, 0.1) is 0 Å². The first-order chi connectivity index (χ1) is 7.30. The van der Waals surface area contributed by atoms with Crippen molar-refractivity contribution in [3.63, 3.8) is 0 Å². The minimum absolute atomic E-state index is 0.0115. The van der Waals surface area contributed by atoms with E-state index in [9.17, 15) is 9.18 Å². The molecule has 0 aliphatic heterocycles. The molecule has 1 aromatic heterocycles. The highest BCUT2D eigenvalue weighted by atomic mass is 32.1. The predicted molar refractivity (Wildman–Crippen MR) is 62.9 cm³/mol. The van der Waals surface area contributed by atoms with Crippen molar-refractivity contribution in [2.75, 3.05) is 0 Å². The van der Waals surface area contributed by atoms with Gasteiger partial charge in [0.2, 0.25) is 0 Å². The van der Waals surface area contributed by atoms with Gasteiger partial charge in [0.1, 0.15) is 5.01 Å². The summed E-state index contributed by atoms with van der Waals surface area (Å²) < 4.78 is 12.4. The van der Waals surface area contributed by atoms with Crippen LogP contribution in [0.25, 0.3) is 0 Å². The molecule has 0 saturated heterocycles. The van der Waals surface area contributed by atoms with E-state index in [1.54, 1.807) is 0 Å². The van der Waals surface area contributed by atoms with Crippen LogP contribution >= 0.6 is 11.3 Å². The molecule has 1 amide bonds. The second-order valence-corrected chi connectivity index (χ2v) is 5.41. The maximum atomic E-state index is 12.4. The second-order valence-electron chi connectivity index (χ2n) is 4.46. The maximum absolute atomic E-state index is 12.4. The van der Waals surface area contributed by atoms with E-state index < -0.39 is 11.7 Å². The second kappa shape index (κ2) is 4.74. The van der Waals surface area contributed by atoms with Gasteiger partial charge in [0.25, 0.3) is 5.91 Å². The lowest BCUT2D eigenvalue weighted by Gasteiger charge is -2.14. The van der Waals surface area contributed by atoms with Crippen molar-refractivity contribution >= 4 is 17.2 Å². The zero-order chi connectivity index (χ0) is 12.3. The number of rotatable bonds is 3. The molecule has 1 rings (SSSR count). The third-order valence-corrected chi connectivity index (χ3v) is 2.82. The van der Waals surface area contributed by atoms with Gasteiger partial charge in [-0.3, -0.25) is 4.79 Å². The maximum Gasteiger partial charge on any atom is 0.279 e. The molecular formula is C11H15FN2OS. The summed E-state index contributed by atoms with van der Waals surface area (Å²) in [6.07, 6.45) is 0. The smallest absolute Gasteiger partial charge is 0.279 e. The first-order valence-electron chi connectivity index (χ1n) is 4.88. The quantitative estimate of drug-likeness (QED) is 0.828. The Bertz CT molecular complexity index is 406. The molecule has 1 N–H and O–H groups in total. The standard InChI is InChI=1S/C11H15FN2OS/c1-7(12)10(15)13-5-9-14-8(6-16-9)11(2,3)4/h6H,1,5H2,2-4H3,(H,13,15). The van der Waals surface area contributed by atoms with Crippen molar-refractivity contribution in [1.29, 1.82) is 0 Å². The van der Waals surface area contributed by atoms with Crippen LogP contribution in [0.3, 0.4) is 0 Å². The molecule has 16 heavy (non-hydrogen) atoms. The average molecular weight is 242 g/mol. The van der Waals surface area contributed by atoms with Gasteiger partial charge >= 0.3 is 0 Å². The summed E-state index contributed by atoms with van der Waals surface area (Å²) >= 11 is 1.45. The third kappa shape index (κ3) is 3.41. The Kier molecular flexibility index (Phi) is 3.80. The molecule has 0 aliphatic carbocycles. The van der Waals surface area contributed by atoms with Gasteiger partial charge in [0, 0.05) is 10.8 Å². The fourth-order valence-electron chi connectivity index (χ4n) is 0.988. The number of carbonyl (C=O) groups is 1.